The SMILES string of the molecule is CC(=O)O[C@@]12CO[C@@H]1C[C@H](OC(=O)OCc1ccccc1)[C@@]1(C)C(=O)[C@H](OC(=O)OCc3ccccc3)C3=C(C)[C@@H](O)C[C@@](O)([C@@H](OC(=O)c4ccccc4)C12)C3(C)C.C[C@H]1C(=O)N(C(=O)OC(C)(C)C)[C@H]1c1cccs1. The van der Waals surface area contributed by atoms with Crippen LogP contribution in [0.25, 0.3) is 0 Å². The average Bonchev–Trinajstić information content (AvgIpc) is 3.99. The summed E-state index contributed by atoms with van der Waals surface area (Å²) in [4.78, 5) is 96.6. The van der Waals surface area contributed by atoms with Gasteiger partial charge in [0, 0.05) is 30.1 Å². The van der Waals surface area contributed by atoms with Gasteiger partial charge in [-0.05, 0) is 80.5 Å². The van der Waals surface area contributed by atoms with Gasteiger partial charge in [-0.25, -0.2) is 24.1 Å². The number of aliphatic hydroxyl groups excluding tert-OH is 1. The largest absolute Gasteiger partial charge is 0.509 e. The molecule has 2 saturated carbocycles. The molecule has 11 atom stereocenters. The number of β-lactam (4-membered cyclic amide) rings is 1. The quantitative estimate of drug-likeness (QED) is 0.0652. The summed E-state index contributed by atoms with van der Waals surface area (Å²) in [5.74, 6) is -4.40. The normalized spacial score (nSPS) is 29.9. The lowest BCUT2D eigenvalue weighted by molar-refractivity contribution is -0.346. The number of carbonyl (C=O) groups is 7. The topological polar surface area (TPSA) is 237 Å². The second-order valence-electron chi connectivity index (χ2n) is 21.9. The number of Topliss-reactive ketones (excluding diaryl/α,β-unsaturated/α-hetero) is 1. The van der Waals surface area contributed by atoms with Crippen LogP contribution < -0.4 is 0 Å². The molecule has 3 aliphatic carbocycles. The monoisotopic (exact) mass is 1080 g/mol. The number of esters is 2. The molecule has 18 nitrogen and oxygen atoms in total. The van der Waals surface area contributed by atoms with Gasteiger partial charge in [-0.15, -0.1) is 11.3 Å². The summed E-state index contributed by atoms with van der Waals surface area (Å²) in [7, 11) is 0. The lowest BCUT2D eigenvalue weighted by atomic mass is 9.44. The fourth-order valence-electron chi connectivity index (χ4n) is 11.6. The highest BCUT2D eigenvalue weighted by Gasteiger charge is 2.79. The van der Waals surface area contributed by atoms with E-state index in [1.807, 2.05) is 24.4 Å². The predicted octanol–water partition coefficient (Wildman–Crippen LogP) is 9.01. The zero-order valence-corrected chi connectivity index (χ0v) is 45.2. The highest BCUT2D eigenvalue weighted by Crippen LogP contribution is 2.65. The first-order valence-corrected chi connectivity index (χ1v) is 26.3. The maximum absolute atomic E-state index is 15.9. The number of aliphatic hydroxyl groups is 2. The number of benzene rings is 3. The van der Waals surface area contributed by atoms with E-state index < -0.39 is 107 Å². The molecule has 77 heavy (non-hydrogen) atoms. The third-order valence-corrected chi connectivity index (χ3v) is 16.5. The zero-order valence-electron chi connectivity index (χ0n) is 44.4. The smallest absolute Gasteiger partial charge is 0.455 e. The molecule has 5 aliphatic rings. The van der Waals surface area contributed by atoms with Crippen molar-refractivity contribution >= 4 is 53.4 Å². The van der Waals surface area contributed by atoms with Crippen LogP contribution in [0.5, 0.6) is 0 Å². The van der Waals surface area contributed by atoms with Gasteiger partial charge in [0.25, 0.3) is 0 Å². The van der Waals surface area contributed by atoms with Crippen molar-refractivity contribution in [2.24, 2.45) is 22.7 Å². The number of ketones is 1. The summed E-state index contributed by atoms with van der Waals surface area (Å²) in [6.45, 7) is 13.9. The Kier molecular flexibility index (Phi) is 16.0. The number of likely N-dealkylation sites (tertiary alicyclic amines) is 1. The number of imide groups is 1. The molecule has 1 unspecified atom stereocenters. The van der Waals surface area contributed by atoms with Crippen LogP contribution in [0, 0.1) is 22.7 Å². The fourth-order valence-corrected chi connectivity index (χ4v) is 12.5. The van der Waals surface area contributed by atoms with Crippen molar-refractivity contribution in [1.29, 1.82) is 0 Å². The number of fused-ring (bicyclic) bond motifs is 5. The van der Waals surface area contributed by atoms with E-state index in [2.05, 4.69) is 0 Å². The van der Waals surface area contributed by atoms with Gasteiger partial charge in [0.1, 0.15) is 42.7 Å². The Morgan fingerprint density at radius 3 is 1.90 bits per heavy atom. The van der Waals surface area contributed by atoms with Gasteiger partial charge in [0.05, 0.1) is 41.6 Å². The van der Waals surface area contributed by atoms with E-state index in [0.29, 0.717) is 11.1 Å². The van der Waals surface area contributed by atoms with Crippen LogP contribution in [0.15, 0.2) is 120 Å². The first kappa shape index (κ1) is 56.3. The van der Waals surface area contributed by atoms with Gasteiger partial charge in [0.2, 0.25) is 5.91 Å². The zero-order chi connectivity index (χ0) is 55.8. The van der Waals surface area contributed by atoms with E-state index in [1.54, 1.807) is 132 Å². The van der Waals surface area contributed by atoms with Crippen molar-refractivity contribution in [2.75, 3.05) is 6.61 Å². The number of ether oxygens (including phenoxy) is 8. The maximum Gasteiger partial charge on any atom is 0.509 e. The molecule has 2 bridgehead atoms. The van der Waals surface area contributed by atoms with E-state index in [1.165, 1.54) is 30.9 Å². The van der Waals surface area contributed by atoms with Crippen LogP contribution in [0.3, 0.4) is 0 Å². The third-order valence-electron chi connectivity index (χ3n) is 15.5. The van der Waals surface area contributed by atoms with Gasteiger partial charge in [0.15, 0.2) is 17.5 Å². The fraction of sp³-hybridized carbons (Fsp3) is 0.466. The second kappa shape index (κ2) is 21.8. The summed E-state index contributed by atoms with van der Waals surface area (Å²) in [5, 5.41) is 27.1. The minimum atomic E-state index is -2.28. The van der Waals surface area contributed by atoms with Gasteiger partial charge >= 0.3 is 30.3 Å². The summed E-state index contributed by atoms with van der Waals surface area (Å²) in [6, 6.07) is 29.3. The average molecular weight is 1080 g/mol. The van der Waals surface area contributed by atoms with E-state index in [0.717, 1.165) is 4.88 Å². The number of hydrogen-bond donors (Lipinski definition) is 2. The van der Waals surface area contributed by atoms with Crippen LogP contribution in [0.4, 0.5) is 14.4 Å². The lowest BCUT2D eigenvalue weighted by Crippen LogP contribution is -2.82. The molecule has 2 amide bonds. The molecule has 9 rings (SSSR count). The van der Waals surface area contributed by atoms with E-state index in [4.69, 9.17) is 37.9 Å². The number of amides is 2. The van der Waals surface area contributed by atoms with Crippen LogP contribution in [0.2, 0.25) is 0 Å². The van der Waals surface area contributed by atoms with Gasteiger partial charge in [-0.1, -0.05) is 106 Å². The summed E-state index contributed by atoms with van der Waals surface area (Å²) in [5.41, 5.74) is -6.71. The third kappa shape index (κ3) is 10.7. The van der Waals surface area contributed by atoms with E-state index in [-0.39, 0.29) is 60.8 Å². The Morgan fingerprint density at radius 2 is 1.38 bits per heavy atom. The molecule has 2 aliphatic heterocycles. The van der Waals surface area contributed by atoms with Crippen LogP contribution in [-0.4, -0.2) is 111 Å². The molecule has 0 spiro atoms. The molecule has 2 saturated heterocycles. The highest BCUT2D eigenvalue weighted by atomic mass is 32.1. The van der Waals surface area contributed by atoms with Crippen molar-refractivity contribution in [2.45, 2.75) is 142 Å². The first-order valence-electron chi connectivity index (χ1n) is 25.4. The number of carbonyl (C=O) groups excluding carboxylic acids is 7. The van der Waals surface area contributed by atoms with Crippen LogP contribution in [-0.2, 0) is 65.5 Å². The summed E-state index contributed by atoms with van der Waals surface area (Å²) < 4.78 is 46.8. The molecule has 4 fully saturated rings. The Morgan fingerprint density at radius 1 is 0.805 bits per heavy atom. The minimum Gasteiger partial charge on any atom is -0.455 e. The molecule has 1 aromatic heterocycles. The summed E-state index contributed by atoms with van der Waals surface area (Å²) >= 11 is 1.55. The van der Waals surface area contributed by atoms with Crippen molar-refractivity contribution in [3.8, 4) is 0 Å². The first-order chi connectivity index (χ1) is 36.3. The molecule has 0 radical (unpaired) electrons. The predicted molar refractivity (Wildman–Crippen MR) is 275 cm³/mol. The molecule has 410 valence electrons. The van der Waals surface area contributed by atoms with E-state index in [9.17, 15) is 39.0 Å². The van der Waals surface area contributed by atoms with Crippen molar-refractivity contribution < 1.29 is 81.7 Å². The van der Waals surface area contributed by atoms with Crippen LogP contribution >= 0.6 is 11.3 Å². The molecular weight excluding hydrogens is 1010 g/mol. The number of hydrogen-bond acceptors (Lipinski definition) is 18. The van der Waals surface area contributed by atoms with Crippen molar-refractivity contribution in [3.05, 3.63) is 141 Å². The maximum atomic E-state index is 15.9. The van der Waals surface area contributed by atoms with Crippen molar-refractivity contribution in [1.82, 2.24) is 4.90 Å². The molecule has 2 N–H and O–H groups in total. The minimum absolute atomic E-state index is 0.0276. The lowest BCUT2D eigenvalue weighted by Gasteiger charge is -2.67. The molecule has 4 aromatic rings. The second-order valence-corrected chi connectivity index (χ2v) is 22.8. The molecule has 3 heterocycles. The van der Waals surface area contributed by atoms with E-state index >= 15 is 4.79 Å². The van der Waals surface area contributed by atoms with Crippen LogP contribution in [0.1, 0.15) is 108 Å². The number of nitrogens with zero attached hydrogens (tertiary/aromatic N) is 1. The standard InChI is InChI=1S/C45H48O14.C13H17NO3S/c1-26-31(47)22-45(52)38(58-39(49)30-19-13-8-14-20-30)36-43(5,37(48)35(34(26)42(45,3)4)57-41(51)54-24-29-17-11-7-12-18-29)32(21-33-44(36,25-55-33)59-27(2)46)56-40(50)53-23-28-15-9-6-10-16-28;1-8-10(9-6-5-7-18-9)14(11(8)15)12(16)17-13(2,3)4/h6-20,31-33,35-36,38,47,52H,21-25H2,1-5H3;5-8,10H,1-4H3/t31-,32-,33+,35+,36?,38-,43+,44-,45+;8-,10-/m01/s1. The Bertz CT molecular complexity index is 2890. The number of rotatable bonds is 10. The molecular formula is C58H65NO17S. The Balaban J connectivity index is 0.000000367. The van der Waals surface area contributed by atoms with Gasteiger partial charge in [-0.2, -0.15) is 0 Å². The van der Waals surface area contributed by atoms with Crippen molar-refractivity contribution in [3.63, 3.8) is 0 Å². The molecule has 3 aromatic carbocycles. The Labute approximate surface area is 450 Å². The number of thiophene rings is 1. The van der Waals surface area contributed by atoms with Gasteiger partial charge in [-0.3, -0.25) is 14.4 Å². The molecule has 19 heteroatoms. The Hall–Kier alpha value is -6.93. The highest BCUT2D eigenvalue weighted by molar-refractivity contribution is 7.10. The van der Waals surface area contributed by atoms with Gasteiger partial charge < -0.3 is 48.1 Å². The summed E-state index contributed by atoms with van der Waals surface area (Å²) in [6.07, 6.45) is -11.2.